The molecule has 0 aliphatic rings. The maximum Gasteiger partial charge on any atom is 0.264 e. The molecule has 1 amide bonds. The highest BCUT2D eigenvalue weighted by Gasteiger charge is 2.15. The van der Waals surface area contributed by atoms with E-state index >= 15 is 0 Å². The maximum atomic E-state index is 13.0. The van der Waals surface area contributed by atoms with Crippen molar-refractivity contribution in [2.75, 3.05) is 5.32 Å². The number of halogens is 1. The molecule has 4 aromatic rings. The zero-order chi connectivity index (χ0) is 22.1. The second-order valence-electron chi connectivity index (χ2n) is 7.50. The van der Waals surface area contributed by atoms with Crippen molar-refractivity contribution in [3.63, 3.8) is 0 Å². The summed E-state index contributed by atoms with van der Waals surface area (Å²) in [5.41, 5.74) is 3.83. The summed E-state index contributed by atoms with van der Waals surface area (Å²) in [7, 11) is 0. The molecular formula is C23H22ClN5O2. The monoisotopic (exact) mass is 435 g/mol. The molecule has 7 nitrogen and oxygen atoms in total. The van der Waals surface area contributed by atoms with Gasteiger partial charge in [-0.25, -0.2) is 9.67 Å². The van der Waals surface area contributed by atoms with Crippen LogP contribution in [0.25, 0.3) is 16.7 Å². The van der Waals surface area contributed by atoms with Crippen LogP contribution < -0.4 is 10.9 Å². The largest absolute Gasteiger partial charge is 0.326 e. The summed E-state index contributed by atoms with van der Waals surface area (Å²) < 4.78 is 3.16. The minimum atomic E-state index is -0.215. The van der Waals surface area contributed by atoms with E-state index in [9.17, 15) is 9.59 Å². The average Bonchev–Trinajstić information content (AvgIpc) is 3.15. The molecule has 0 radical (unpaired) electrons. The normalized spacial score (nSPS) is 11.1. The van der Waals surface area contributed by atoms with E-state index in [-0.39, 0.29) is 24.4 Å². The van der Waals surface area contributed by atoms with E-state index < -0.39 is 0 Å². The fourth-order valence-corrected chi connectivity index (χ4v) is 3.57. The van der Waals surface area contributed by atoms with E-state index in [0.29, 0.717) is 27.6 Å². The molecule has 4 rings (SSSR count). The Kier molecular flexibility index (Phi) is 5.61. The number of fused-ring (bicyclic) bond motifs is 1. The number of aromatic nitrogens is 4. The van der Waals surface area contributed by atoms with Gasteiger partial charge in [-0.3, -0.25) is 14.2 Å². The molecule has 0 bridgehead atoms. The first-order valence-corrected chi connectivity index (χ1v) is 10.3. The van der Waals surface area contributed by atoms with Crippen LogP contribution in [-0.2, 0) is 11.3 Å². The summed E-state index contributed by atoms with van der Waals surface area (Å²) in [6, 6.07) is 13.2. The van der Waals surface area contributed by atoms with Crippen molar-refractivity contribution in [1.82, 2.24) is 19.3 Å². The number of nitrogens with zero attached hydrogens (tertiary/aromatic N) is 4. The minimum Gasteiger partial charge on any atom is -0.326 e. The number of aryl methyl sites for hydroxylation is 3. The molecule has 0 aliphatic carbocycles. The van der Waals surface area contributed by atoms with Crippen molar-refractivity contribution in [2.24, 2.45) is 0 Å². The molecule has 1 N–H and O–H groups in total. The number of nitrogens with one attached hydrogen (secondary N) is 1. The quantitative estimate of drug-likeness (QED) is 0.509. The van der Waals surface area contributed by atoms with Crippen LogP contribution in [0.5, 0.6) is 0 Å². The van der Waals surface area contributed by atoms with Crippen LogP contribution in [0.15, 0.2) is 53.5 Å². The Morgan fingerprint density at radius 1 is 1.10 bits per heavy atom. The zero-order valence-corrected chi connectivity index (χ0v) is 18.3. The highest BCUT2D eigenvalue weighted by Crippen LogP contribution is 2.20. The van der Waals surface area contributed by atoms with Crippen molar-refractivity contribution in [2.45, 2.75) is 33.7 Å². The van der Waals surface area contributed by atoms with Crippen molar-refractivity contribution >= 4 is 34.2 Å². The summed E-state index contributed by atoms with van der Waals surface area (Å²) in [6.45, 7) is 5.88. The summed E-state index contributed by atoms with van der Waals surface area (Å²) in [4.78, 5) is 30.1. The van der Waals surface area contributed by atoms with Gasteiger partial charge in [-0.2, -0.15) is 5.10 Å². The molecule has 0 spiro atoms. The zero-order valence-electron chi connectivity index (χ0n) is 17.5. The molecule has 8 heteroatoms. The Morgan fingerprint density at radius 2 is 1.84 bits per heavy atom. The van der Waals surface area contributed by atoms with Gasteiger partial charge in [0.2, 0.25) is 5.91 Å². The summed E-state index contributed by atoms with van der Waals surface area (Å²) >= 11 is 6.01. The van der Waals surface area contributed by atoms with Crippen molar-refractivity contribution < 1.29 is 4.79 Å². The van der Waals surface area contributed by atoms with E-state index in [4.69, 9.17) is 11.6 Å². The first-order valence-electron chi connectivity index (χ1n) is 9.91. The SMILES string of the molecule is Cc1ccc(-n2ncc3c(=O)n(CCC(=O)Nc4cc(Cl)ccc4C)c(C)nc32)cc1. The third-order valence-corrected chi connectivity index (χ3v) is 5.43. The van der Waals surface area contributed by atoms with Gasteiger partial charge in [0.25, 0.3) is 5.56 Å². The molecule has 31 heavy (non-hydrogen) atoms. The highest BCUT2D eigenvalue weighted by atomic mass is 35.5. The fraction of sp³-hybridized carbons (Fsp3) is 0.217. The molecule has 0 saturated heterocycles. The average molecular weight is 436 g/mol. The van der Waals surface area contributed by atoms with Gasteiger partial charge < -0.3 is 5.32 Å². The van der Waals surface area contributed by atoms with Crippen LogP contribution in [0.3, 0.4) is 0 Å². The summed E-state index contributed by atoms with van der Waals surface area (Å²) in [5.74, 6) is 0.324. The highest BCUT2D eigenvalue weighted by molar-refractivity contribution is 6.31. The van der Waals surface area contributed by atoms with Crippen molar-refractivity contribution in [3.8, 4) is 5.69 Å². The predicted molar refractivity (Wildman–Crippen MR) is 122 cm³/mol. The fourth-order valence-electron chi connectivity index (χ4n) is 3.40. The first-order chi connectivity index (χ1) is 14.8. The van der Waals surface area contributed by atoms with E-state index in [2.05, 4.69) is 15.4 Å². The number of anilines is 1. The van der Waals surface area contributed by atoms with Gasteiger partial charge in [-0.15, -0.1) is 0 Å². The Balaban J connectivity index is 1.57. The van der Waals surface area contributed by atoms with Gasteiger partial charge in [-0.05, 0) is 50.6 Å². The van der Waals surface area contributed by atoms with Crippen LogP contribution in [0.1, 0.15) is 23.4 Å². The lowest BCUT2D eigenvalue weighted by atomic mass is 10.2. The van der Waals surface area contributed by atoms with Crippen LogP contribution in [-0.4, -0.2) is 25.2 Å². The molecule has 0 fully saturated rings. The second kappa shape index (κ2) is 8.35. The number of hydrogen-bond donors (Lipinski definition) is 1. The lowest BCUT2D eigenvalue weighted by Gasteiger charge is -2.12. The molecule has 0 saturated carbocycles. The molecule has 158 valence electrons. The topological polar surface area (TPSA) is 81.8 Å². The Morgan fingerprint density at radius 3 is 2.58 bits per heavy atom. The van der Waals surface area contributed by atoms with Crippen molar-refractivity contribution in [3.05, 3.63) is 81.0 Å². The van der Waals surface area contributed by atoms with Gasteiger partial charge in [0, 0.05) is 23.7 Å². The second-order valence-corrected chi connectivity index (χ2v) is 7.94. The first kappa shape index (κ1) is 20.8. The third kappa shape index (κ3) is 4.22. The number of benzene rings is 2. The van der Waals surface area contributed by atoms with E-state index in [0.717, 1.165) is 16.8 Å². The van der Waals surface area contributed by atoms with Crippen LogP contribution in [0.4, 0.5) is 5.69 Å². The minimum absolute atomic E-state index is 0.131. The lowest BCUT2D eigenvalue weighted by molar-refractivity contribution is -0.116. The lowest BCUT2D eigenvalue weighted by Crippen LogP contribution is -2.26. The van der Waals surface area contributed by atoms with Gasteiger partial charge in [0.05, 0.1) is 11.9 Å². The van der Waals surface area contributed by atoms with E-state index in [1.54, 1.807) is 23.7 Å². The Hall–Kier alpha value is -3.45. The van der Waals surface area contributed by atoms with Crippen molar-refractivity contribution in [1.29, 1.82) is 0 Å². The number of carbonyl (C=O) groups is 1. The summed E-state index contributed by atoms with van der Waals surface area (Å²) in [5, 5.41) is 8.17. The predicted octanol–water partition coefficient (Wildman–Crippen LogP) is 4.19. The molecule has 0 atom stereocenters. The molecule has 2 aromatic heterocycles. The van der Waals surface area contributed by atoms with Crippen LogP contribution in [0, 0.1) is 20.8 Å². The smallest absolute Gasteiger partial charge is 0.264 e. The number of hydrogen-bond acceptors (Lipinski definition) is 4. The van der Waals surface area contributed by atoms with Gasteiger partial charge in [0.15, 0.2) is 5.65 Å². The maximum absolute atomic E-state index is 13.0. The molecule has 0 aliphatic heterocycles. The number of rotatable bonds is 5. The molecule has 0 unspecified atom stereocenters. The van der Waals surface area contributed by atoms with Gasteiger partial charge in [-0.1, -0.05) is 35.4 Å². The van der Waals surface area contributed by atoms with E-state index in [1.165, 1.54) is 10.8 Å². The number of carbonyl (C=O) groups excluding carboxylic acids is 1. The van der Waals surface area contributed by atoms with Crippen LogP contribution >= 0.6 is 11.6 Å². The van der Waals surface area contributed by atoms with E-state index in [1.807, 2.05) is 44.2 Å². The Bertz CT molecular complexity index is 1340. The third-order valence-electron chi connectivity index (χ3n) is 5.19. The molecule has 2 heterocycles. The van der Waals surface area contributed by atoms with Gasteiger partial charge >= 0.3 is 0 Å². The van der Waals surface area contributed by atoms with Gasteiger partial charge in [0.1, 0.15) is 11.2 Å². The molecular weight excluding hydrogens is 414 g/mol. The number of amides is 1. The molecule has 2 aromatic carbocycles. The van der Waals surface area contributed by atoms with Crippen LogP contribution in [0.2, 0.25) is 5.02 Å². The summed E-state index contributed by atoms with van der Waals surface area (Å²) in [6.07, 6.45) is 1.65. The standard InChI is InChI=1S/C23H22ClN5O2/c1-14-4-8-18(9-5-14)29-22-19(13-25-29)23(31)28(16(3)26-22)11-10-21(30)27-20-12-17(24)7-6-15(20)2/h4-9,12-13H,10-11H2,1-3H3,(H,27,30). The Labute approximate surface area is 184 Å².